The summed E-state index contributed by atoms with van der Waals surface area (Å²) in [4.78, 5) is 15.9. The standard InChI is InChI=1S/C12H15BrN2O2/c13-11-10(2-1-5-14-11)12(17)15-7-8-3-4-9(16)6-8/h1-2,5,8-9,16H,3-4,6-7H2,(H,15,17). The van der Waals surface area contributed by atoms with Crippen LogP contribution in [-0.2, 0) is 0 Å². The molecule has 5 heteroatoms. The van der Waals surface area contributed by atoms with E-state index in [0.717, 1.165) is 19.3 Å². The molecule has 2 atom stereocenters. The lowest BCUT2D eigenvalue weighted by Crippen LogP contribution is -2.29. The van der Waals surface area contributed by atoms with Crippen LogP contribution in [0.4, 0.5) is 0 Å². The molecule has 1 saturated carbocycles. The number of carbonyl (C=O) groups excluding carboxylic acids is 1. The molecule has 1 fully saturated rings. The van der Waals surface area contributed by atoms with Crippen LogP contribution in [0.2, 0.25) is 0 Å². The highest BCUT2D eigenvalue weighted by Crippen LogP contribution is 2.24. The van der Waals surface area contributed by atoms with E-state index in [1.165, 1.54) is 0 Å². The summed E-state index contributed by atoms with van der Waals surface area (Å²) in [7, 11) is 0. The van der Waals surface area contributed by atoms with Crippen molar-refractivity contribution in [1.29, 1.82) is 0 Å². The first-order chi connectivity index (χ1) is 8.16. The van der Waals surface area contributed by atoms with Crippen molar-refractivity contribution in [3.63, 3.8) is 0 Å². The number of nitrogens with zero attached hydrogens (tertiary/aromatic N) is 1. The number of pyridine rings is 1. The summed E-state index contributed by atoms with van der Waals surface area (Å²) in [5.41, 5.74) is 0.547. The van der Waals surface area contributed by atoms with Crippen LogP contribution in [0.15, 0.2) is 22.9 Å². The van der Waals surface area contributed by atoms with Gasteiger partial charge in [-0.05, 0) is 53.2 Å². The highest BCUT2D eigenvalue weighted by Gasteiger charge is 2.23. The third kappa shape index (κ3) is 3.26. The van der Waals surface area contributed by atoms with Crippen LogP contribution in [0.5, 0.6) is 0 Å². The van der Waals surface area contributed by atoms with Crippen molar-refractivity contribution in [2.75, 3.05) is 6.54 Å². The lowest BCUT2D eigenvalue weighted by Gasteiger charge is -2.11. The van der Waals surface area contributed by atoms with Crippen molar-refractivity contribution in [3.05, 3.63) is 28.5 Å². The molecule has 1 aromatic rings. The summed E-state index contributed by atoms with van der Waals surface area (Å²) in [6.07, 6.45) is 4.05. The Morgan fingerprint density at radius 1 is 1.59 bits per heavy atom. The first-order valence-electron chi connectivity index (χ1n) is 5.73. The highest BCUT2D eigenvalue weighted by molar-refractivity contribution is 9.10. The predicted octanol–water partition coefficient (Wildman–Crippen LogP) is 1.73. The fourth-order valence-corrected chi connectivity index (χ4v) is 2.55. The average molecular weight is 299 g/mol. The maximum atomic E-state index is 11.9. The maximum absolute atomic E-state index is 11.9. The van der Waals surface area contributed by atoms with Gasteiger partial charge < -0.3 is 10.4 Å². The van der Waals surface area contributed by atoms with Gasteiger partial charge in [0.05, 0.1) is 11.7 Å². The van der Waals surface area contributed by atoms with Gasteiger partial charge in [-0.3, -0.25) is 4.79 Å². The molecule has 1 aliphatic rings. The summed E-state index contributed by atoms with van der Waals surface area (Å²) in [5.74, 6) is 0.274. The van der Waals surface area contributed by atoms with Gasteiger partial charge >= 0.3 is 0 Å². The summed E-state index contributed by atoms with van der Waals surface area (Å²) in [6.45, 7) is 0.622. The largest absolute Gasteiger partial charge is 0.393 e. The number of hydrogen-bond acceptors (Lipinski definition) is 3. The molecule has 1 heterocycles. The number of aromatic nitrogens is 1. The second-order valence-electron chi connectivity index (χ2n) is 4.38. The van der Waals surface area contributed by atoms with Gasteiger partial charge in [0, 0.05) is 12.7 Å². The fraction of sp³-hybridized carbons (Fsp3) is 0.500. The Morgan fingerprint density at radius 3 is 3.06 bits per heavy atom. The van der Waals surface area contributed by atoms with Gasteiger partial charge in [-0.2, -0.15) is 0 Å². The van der Waals surface area contributed by atoms with Crippen LogP contribution >= 0.6 is 15.9 Å². The molecule has 0 aromatic carbocycles. The SMILES string of the molecule is O=C(NCC1CCC(O)C1)c1cccnc1Br. The van der Waals surface area contributed by atoms with Gasteiger partial charge in [0.25, 0.3) is 5.91 Å². The van der Waals surface area contributed by atoms with Crippen LogP contribution < -0.4 is 5.32 Å². The second-order valence-corrected chi connectivity index (χ2v) is 5.14. The van der Waals surface area contributed by atoms with Crippen LogP contribution in [0.25, 0.3) is 0 Å². The number of amides is 1. The lowest BCUT2D eigenvalue weighted by molar-refractivity contribution is 0.0944. The van der Waals surface area contributed by atoms with Crippen LogP contribution in [0.1, 0.15) is 29.6 Å². The second kappa shape index (κ2) is 5.60. The van der Waals surface area contributed by atoms with E-state index in [1.807, 2.05) is 0 Å². The van der Waals surface area contributed by atoms with E-state index in [1.54, 1.807) is 18.3 Å². The van der Waals surface area contributed by atoms with Crippen LogP contribution in [0, 0.1) is 5.92 Å². The smallest absolute Gasteiger partial charge is 0.254 e. The first-order valence-corrected chi connectivity index (χ1v) is 6.53. The lowest BCUT2D eigenvalue weighted by atomic mass is 10.1. The molecule has 1 amide bonds. The van der Waals surface area contributed by atoms with Crippen molar-refractivity contribution in [1.82, 2.24) is 10.3 Å². The van der Waals surface area contributed by atoms with E-state index in [-0.39, 0.29) is 12.0 Å². The van der Waals surface area contributed by atoms with E-state index in [2.05, 4.69) is 26.2 Å². The number of carbonyl (C=O) groups is 1. The van der Waals surface area contributed by atoms with Crippen LogP contribution in [0.3, 0.4) is 0 Å². The summed E-state index contributed by atoms with van der Waals surface area (Å²) in [6, 6.07) is 3.47. The molecule has 0 saturated heterocycles. The van der Waals surface area contributed by atoms with Crippen molar-refractivity contribution in [2.45, 2.75) is 25.4 Å². The fourth-order valence-electron chi connectivity index (χ4n) is 2.12. The summed E-state index contributed by atoms with van der Waals surface area (Å²) < 4.78 is 0.559. The Morgan fingerprint density at radius 2 is 2.41 bits per heavy atom. The Hall–Kier alpha value is -0.940. The number of aliphatic hydroxyl groups is 1. The molecule has 2 N–H and O–H groups in total. The zero-order chi connectivity index (χ0) is 12.3. The monoisotopic (exact) mass is 298 g/mol. The van der Waals surface area contributed by atoms with Gasteiger partial charge in [-0.1, -0.05) is 0 Å². The van der Waals surface area contributed by atoms with E-state index in [4.69, 9.17) is 0 Å². The maximum Gasteiger partial charge on any atom is 0.254 e. The molecular formula is C12H15BrN2O2. The van der Waals surface area contributed by atoms with Crippen molar-refractivity contribution in [2.24, 2.45) is 5.92 Å². The molecule has 0 radical (unpaired) electrons. The van der Waals surface area contributed by atoms with Crippen LogP contribution in [-0.4, -0.2) is 28.6 Å². The minimum atomic E-state index is -0.193. The number of rotatable bonds is 3. The molecule has 92 valence electrons. The zero-order valence-electron chi connectivity index (χ0n) is 9.40. The molecular weight excluding hydrogens is 284 g/mol. The van der Waals surface area contributed by atoms with Gasteiger partial charge in [0.15, 0.2) is 0 Å². The van der Waals surface area contributed by atoms with E-state index in [9.17, 15) is 9.90 Å². The number of nitrogens with one attached hydrogen (secondary N) is 1. The Bertz CT molecular complexity index is 411. The molecule has 0 bridgehead atoms. The summed E-state index contributed by atoms with van der Waals surface area (Å²) in [5, 5.41) is 12.3. The molecule has 2 unspecified atom stereocenters. The molecule has 0 aliphatic heterocycles. The topological polar surface area (TPSA) is 62.2 Å². The van der Waals surface area contributed by atoms with Crippen molar-refractivity contribution < 1.29 is 9.90 Å². The number of halogens is 1. The molecule has 2 rings (SSSR count). The Balaban J connectivity index is 1.88. The Labute approximate surface area is 109 Å². The first kappa shape index (κ1) is 12.5. The molecule has 1 aromatic heterocycles. The predicted molar refractivity (Wildman–Crippen MR) is 67.6 cm³/mol. The molecule has 0 spiro atoms. The minimum absolute atomic E-state index is 0.119. The van der Waals surface area contributed by atoms with Gasteiger partial charge in [0.2, 0.25) is 0 Å². The normalized spacial score (nSPS) is 23.6. The Kier molecular flexibility index (Phi) is 4.12. The highest BCUT2D eigenvalue weighted by atomic mass is 79.9. The third-order valence-corrected chi connectivity index (χ3v) is 3.70. The number of hydrogen-bond donors (Lipinski definition) is 2. The molecule has 4 nitrogen and oxygen atoms in total. The van der Waals surface area contributed by atoms with E-state index < -0.39 is 0 Å². The zero-order valence-corrected chi connectivity index (χ0v) is 11.0. The van der Waals surface area contributed by atoms with Gasteiger partial charge in [-0.15, -0.1) is 0 Å². The van der Waals surface area contributed by atoms with Crippen molar-refractivity contribution >= 4 is 21.8 Å². The van der Waals surface area contributed by atoms with Crippen molar-refractivity contribution in [3.8, 4) is 0 Å². The van der Waals surface area contributed by atoms with E-state index >= 15 is 0 Å². The quantitative estimate of drug-likeness (QED) is 0.836. The molecule has 1 aliphatic carbocycles. The van der Waals surface area contributed by atoms with E-state index in [0.29, 0.717) is 22.6 Å². The summed E-state index contributed by atoms with van der Waals surface area (Å²) >= 11 is 3.25. The molecule has 17 heavy (non-hydrogen) atoms. The van der Waals surface area contributed by atoms with Gasteiger partial charge in [0.1, 0.15) is 4.60 Å². The minimum Gasteiger partial charge on any atom is -0.393 e. The number of aliphatic hydroxyl groups excluding tert-OH is 1. The third-order valence-electron chi connectivity index (χ3n) is 3.07. The van der Waals surface area contributed by atoms with Gasteiger partial charge in [-0.25, -0.2) is 4.98 Å². The average Bonchev–Trinajstić information content (AvgIpc) is 2.73.